The highest BCUT2D eigenvalue weighted by atomic mass is 16.5. The van der Waals surface area contributed by atoms with Crippen molar-refractivity contribution in [2.24, 2.45) is 5.11 Å². The van der Waals surface area contributed by atoms with Gasteiger partial charge in [0, 0.05) is 30.1 Å². The number of carbonyl (C=O) groups is 4. The number of nitrogens with one attached hydrogen (secondary N) is 2. The summed E-state index contributed by atoms with van der Waals surface area (Å²) in [5.74, 6) is -2.18. The minimum atomic E-state index is -0.998. The molecule has 11 nitrogen and oxygen atoms in total. The Bertz CT molecular complexity index is 879. The molecule has 3 rings (SSSR count). The van der Waals surface area contributed by atoms with Crippen LogP contribution in [0.3, 0.4) is 0 Å². The van der Waals surface area contributed by atoms with Gasteiger partial charge < -0.3 is 10.1 Å². The number of azide groups is 1. The van der Waals surface area contributed by atoms with E-state index < -0.39 is 29.7 Å². The number of amides is 4. The zero-order valence-corrected chi connectivity index (χ0v) is 14.9. The van der Waals surface area contributed by atoms with Crippen LogP contribution in [0, 0.1) is 0 Å². The lowest BCUT2D eigenvalue weighted by Gasteiger charge is -2.27. The second-order valence-electron chi connectivity index (χ2n) is 6.17. The van der Waals surface area contributed by atoms with Gasteiger partial charge in [0.05, 0.1) is 24.3 Å². The zero-order chi connectivity index (χ0) is 20.1. The van der Waals surface area contributed by atoms with Crippen LogP contribution in [0.25, 0.3) is 10.4 Å². The molecule has 1 aromatic rings. The van der Waals surface area contributed by atoms with E-state index in [9.17, 15) is 19.2 Å². The SMILES string of the molecule is [N-]=[N+]=NCCOCCNc1cccc2c1C(=O)N(C1CCC(=O)NC1=O)C2=O. The molecule has 0 aliphatic carbocycles. The Morgan fingerprint density at radius 2 is 2.07 bits per heavy atom. The topological polar surface area (TPSA) is 154 Å². The minimum absolute atomic E-state index is 0.0715. The minimum Gasteiger partial charge on any atom is -0.382 e. The Balaban J connectivity index is 1.69. The van der Waals surface area contributed by atoms with Crippen LogP contribution >= 0.6 is 0 Å². The number of hydrogen-bond acceptors (Lipinski definition) is 7. The predicted molar refractivity (Wildman–Crippen MR) is 96.4 cm³/mol. The largest absolute Gasteiger partial charge is 0.382 e. The molecule has 146 valence electrons. The molecule has 0 saturated carbocycles. The van der Waals surface area contributed by atoms with Gasteiger partial charge in [0.15, 0.2) is 0 Å². The predicted octanol–water partition coefficient (Wildman–Crippen LogP) is 0.827. The molecule has 28 heavy (non-hydrogen) atoms. The summed E-state index contributed by atoms with van der Waals surface area (Å²) in [7, 11) is 0. The molecule has 1 aromatic carbocycles. The molecule has 2 N–H and O–H groups in total. The van der Waals surface area contributed by atoms with E-state index >= 15 is 0 Å². The smallest absolute Gasteiger partial charge is 0.264 e. The average Bonchev–Trinajstić information content (AvgIpc) is 2.93. The highest BCUT2D eigenvalue weighted by Crippen LogP contribution is 2.32. The number of piperidine rings is 1. The summed E-state index contributed by atoms with van der Waals surface area (Å²) in [4.78, 5) is 52.6. The number of carbonyl (C=O) groups excluding carboxylic acids is 4. The van der Waals surface area contributed by atoms with Gasteiger partial charge in [-0.3, -0.25) is 29.4 Å². The van der Waals surface area contributed by atoms with Crippen molar-refractivity contribution >= 4 is 29.3 Å². The first-order chi connectivity index (χ1) is 13.5. The van der Waals surface area contributed by atoms with Crippen molar-refractivity contribution < 1.29 is 23.9 Å². The molecular formula is C17H18N6O5. The highest BCUT2D eigenvalue weighted by Gasteiger charge is 2.45. The van der Waals surface area contributed by atoms with E-state index in [2.05, 4.69) is 20.7 Å². The van der Waals surface area contributed by atoms with E-state index in [4.69, 9.17) is 10.3 Å². The van der Waals surface area contributed by atoms with Gasteiger partial charge in [0.1, 0.15) is 6.04 Å². The Labute approximate surface area is 159 Å². The van der Waals surface area contributed by atoms with Gasteiger partial charge in [-0.05, 0) is 24.1 Å². The number of nitrogens with zero attached hydrogens (tertiary/aromatic N) is 4. The van der Waals surface area contributed by atoms with Crippen LogP contribution in [-0.2, 0) is 14.3 Å². The van der Waals surface area contributed by atoms with Crippen molar-refractivity contribution in [2.45, 2.75) is 18.9 Å². The molecule has 0 radical (unpaired) electrons. The van der Waals surface area contributed by atoms with E-state index in [0.29, 0.717) is 18.8 Å². The van der Waals surface area contributed by atoms with Crippen LogP contribution in [0.2, 0.25) is 0 Å². The second kappa shape index (κ2) is 8.51. The van der Waals surface area contributed by atoms with E-state index in [0.717, 1.165) is 4.90 Å². The van der Waals surface area contributed by atoms with E-state index in [-0.39, 0.29) is 37.1 Å². The Hall–Kier alpha value is -3.43. The molecule has 1 saturated heterocycles. The van der Waals surface area contributed by atoms with Gasteiger partial charge >= 0.3 is 0 Å². The van der Waals surface area contributed by atoms with Crippen molar-refractivity contribution in [3.8, 4) is 0 Å². The van der Waals surface area contributed by atoms with Gasteiger partial charge in [-0.2, -0.15) is 0 Å². The number of benzene rings is 1. The Kier molecular flexibility index (Phi) is 5.87. The van der Waals surface area contributed by atoms with Gasteiger partial charge in [-0.25, -0.2) is 0 Å². The fourth-order valence-electron chi connectivity index (χ4n) is 3.17. The van der Waals surface area contributed by atoms with Crippen LogP contribution in [0.5, 0.6) is 0 Å². The number of ether oxygens (including phenoxy) is 1. The van der Waals surface area contributed by atoms with E-state index in [1.54, 1.807) is 12.1 Å². The lowest BCUT2D eigenvalue weighted by atomic mass is 10.0. The average molecular weight is 386 g/mol. The monoisotopic (exact) mass is 386 g/mol. The number of hydrogen-bond donors (Lipinski definition) is 2. The van der Waals surface area contributed by atoms with E-state index in [1.807, 2.05) is 0 Å². The number of anilines is 1. The molecule has 11 heteroatoms. The van der Waals surface area contributed by atoms with Crippen LogP contribution in [-0.4, -0.2) is 60.9 Å². The molecule has 0 aromatic heterocycles. The quantitative estimate of drug-likeness (QED) is 0.222. The molecule has 0 spiro atoms. The van der Waals surface area contributed by atoms with Gasteiger partial charge in [-0.1, -0.05) is 11.2 Å². The van der Waals surface area contributed by atoms with Crippen LogP contribution in [0.4, 0.5) is 5.69 Å². The normalized spacial score (nSPS) is 18.6. The standard InChI is InChI=1S/C17H18N6O5/c18-22-20-7-9-28-8-6-19-11-3-1-2-10-14(11)17(27)23(16(10)26)12-4-5-13(24)21-15(12)25/h1-3,12,19H,4-9H2,(H,21,24,25). The third-order valence-corrected chi connectivity index (χ3v) is 4.43. The molecule has 2 heterocycles. The molecule has 4 amide bonds. The van der Waals surface area contributed by atoms with Crippen LogP contribution < -0.4 is 10.6 Å². The van der Waals surface area contributed by atoms with Crippen molar-refractivity contribution in [3.05, 3.63) is 39.8 Å². The molecule has 1 atom stereocenters. The lowest BCUT2D eigenvalue weighted by Crippen LogP contribution is -2.54. The molecule has 2 aliphatic rings. The van der Waals surface area contributed by atoms with Gasteiger partial charge in [-0.15, -0.1) is 0 Å². The first-order valence-electron chi connectivity index (χ1n) is 8.71. The van der Waals surface area contributed by atoms with E-state index in [1.165, 1.54) is 6.07 Å². The lowest BCUT2D eigenvalue weighted by molar-refractivity contribution is -0.136. The maximum atomic E-state index is 12.9. The molecule has 1 fully saturated rings. The summed E-state index contributed by atoms with van der Waals surface area (Å²) >= 11 is 0. The molecular weight excluding hydrogens is 368 g/mol. The first-order valence-corrected chi connectivity index (χ1v) is 8.71. The summed E-state index contributed by atoms with van der Waals surface area (Å²) in [5.41, 5.74) is 9.06. The van der Waals surface area contributed by atoms with Crippen LogP contribution in [0.1, 0.15) is 33.6 Å². The molecule has 2 aliphatic heterocycles. The van der Waals surface area contributed by atoms with Gasteiger partial charge in [0.25, 0.3) is 11.8 Å². The maximum Gasteiger partial charge on any atom is 0.264 e. The van der Waals surface area contributed by atoms with Gasteiger partial charge in [0.2, 0.25) is 11.8 Å². The highest BCUT2D eigenvalue weighted by molar-refractivity contribution is 6.25. The molecule has 1 unspecified atom stereocenters. The fraction of sp³-hybridized carbons (Fsp3) is 0.412. The second-order valence-corrected chi connectivity index (χ2v) is 6.17. The van der Waals surface area contributed by atoms with Crippen molar-refractivity contribution in [2.75, 3.05) is 31.6 Å². The van der Waals surface area contributed by atoms with Crippen LogP contribution in [0.15, 0.2) is 23.3 Å². The maximum absolute atomic E-state index is 12.9. The third-order valence-electron chi connectivity index (χ3n) is 4.43. The summed E-state index contributed by atoms with van der Waals surface area (Å²) in [5, 5.41) is 8.56. The number of fused-ring (bicyclic) bond motifs is 1. The number of rotatable bonds is 8. The summed E-state index contributed by atoms with van der Waals surface area (Å²) in [6.07, 6.45) is 0.181. The molecule has 0 bridgehead atoms. The summed E-state index contributed by atoms with van der Waals surface area (Å²) in [6.45, 7) is 1.18. The Morgan fingerprint density at radius 3 is 2.82 bits per heavy atom. The summed E-state index contributed by atoms with van der Waals surface area (Å²) < 4.78 is 5.29. The Morgan fingerprint density at radius 1 is 1.25 bits per heavy atom. The fourth-order valence-corrected chi connectivity index (χ4v) is 3.17. The van der Waals surface area contributed by atoms with Crippen molar-refractivity contribution in [3.63, 3.8) is 0 Å². The first kappa shape index (κ1) is 19.3. The number of imide groups is 2. The summed E-state index contributed by atoms with van der Waals surface area (Å²) in [6, 6.07) is 3.84. The van der Waals surface area contributed by atoms with Crippen molar-refractivity contribution in [1.29, 1.82) is 0 Å². The zero-order valence-electron chi connectivity index (χ0n) is 14.9. The third kappa shape index (κ3) is 3.80. The van der Waals surface area contributed by atoms with Crippen molar-refractivity contribution in [1.82, 2.24) is 10.2 Å².